The van der Waals surface area contributed by atoms with Gasteiger partial charge in [0, 0.05) is 12.8 Å². The summed E-state index contributed by atoms with van der Waals surface area (Å²) in [6.45, 7) is 3.79. The Morgan fingerprint density at radius 3 is 1.31 bits per heavy atom. The molecule has 0 aromatic rings. The lowest BCUT2D eigenvalue weighted by atomic mass is 10.00. The minimum absolute atomic E-state index is 0.165. The van der Waals surface area contributed by atoms with Crippen molar-refractivity contribution in [2.75, 3.05) is 19.0 Å². The number of hydrogen-bond donors (Lipinski definition) is 4. The Morgan fingerprint density at radius 1 is 0.507 bits per heavy atom. The van der Waals surface area contributed by atoms with Crippen LogP contribution < -0.4 is 0 Å². The lowest BCUT2D eigenvalue weighted by Crippen LogP contribution is -2.60. The van der Waals surface area contributed by atoms with Crippen LogP contribution in [0.1, 0.15) is 251 Å². The average molecular weight is 973 g/mol. The smallest absolute Gasteiger partial charge is 0.306 e. The maximum atomic E-state index is 12.9. The highest BCUT2D eigenvalue weighted by Gasteiger charge is 2.46. The molecule has 67 heavy (non-hydrogen) atoms. The maximum Gasteiger partial charge on any atom is 0.306 e. The van der Waals surface area contributed by atoms with Crippen molar-refractivity contribution >= 4 is 22.1 Å². The van der Waals surface area contributed by atoms with Crippen LogP contribution in [0.5, 0.6) is 0 Å². The van der Waals surface area contributed by atoms with Crippen molar-refractivity contribution in [3.8, 4) is 0 Å². The molecule has 0 aromatic carbocycles. The topological polar surface area (TPSA) is 186 Å². The van der Waals surface area contributed by atoms with Crippen LogP contribution in [0.3, 0.4) is 0 Å². The Morgan fingerprint density at radius 2 is 0.896 bits per heavy atom. The number of ether oxygens (including phenoxy) is 4. The molecular formula is C54H100O12S. The fraction of sp³-hybridized carbons (Fsp3) is 0.889. The van der Waals surface area contributed by atoms with E-state index >= 15 is 0 Å². The largest absolute Gasteiger partial charge is 0.462 e. The molecule has 0 aliphatic carbocycles. The van der Waals surface area contributed by atoms with Gasteiger partial charge in [0.2, 0.25) is 0 Å². The molecule has 4 N–H and O–H groups in total. The third-order valence-corrected chi connectivity index (χ3v) is 13.5. The monoisotopic (exact) mass is 973 g/mol. The van der Waals surface area contributed by atoms with E-state index in [2.05, 4.69) is 38.2 Å². The number of aliphatic hydroxyl groups is 3. The Hall–Kier alpha value is -1.87. The summed E-state index contributed by atoms with van der Waals surface area (Å²) in [5.74, 6) is -1.97. The van der Waals surface area contributed by atoms with Gasteiger partial charge in [-0.2, -0.15) is 8.42 Å². The average Bonchev–Trinajstić information content (AvgIpc) is 3.30. The predicted octanol–water partition coefficient (Wildman–Crippen LogP) is 12.7. The number of esters is 2. The molecule has 13 heteroatoms. The van der Waals surface area contributed by atoms with E-state index in [0.29, 0.717) is 12.8 Å². The first-order chi connectivity index (χ1) is 32.5. The van der Waals surface area contributed by atoms with Gasteiger partial charge in [0.1, 0.15) is 36.8 Å². The zero-order valence-electron chi connectivity index (χ0n) is 42.5. The normalized spacial score (nSPS) is 19.4. The molecule has 1 heterocycles. The third-order valence-electron chi connectivity index (χ3n) is 12.8. The SMILES string of the molecule is CCCCCCC/C=C\C/C=C\CCCCCCCCCCCCCC(=O)OC(COC(=O)CCCCCCCCCCCCCCCCCC)COC1OC(CS(=O)(=O)O)C(O)C(O)C1O. The Kier molecular flexibility index (Phi) is 41.6. The molecule has 6 atom stereocenters. The molecule has 394 valence electrons. The zero-order chi connectivity index (χ0) is 49.1. The summed E-state index contributed by atoms with van der Waals surface area (Å²) < 4.78 is 54.3. The Bertz CT molecular complexity index is 1320. The number of aliphatic hydroxyl groups excluding tert-OH is 3. The van der Waals surface area contributed by atoms with Gasteiger partial charge in [0.25, 0.3) is 10.1 Å². The zero-order valence-corrected chi connectivity index (χ0v) is 43.3. The number of carbonyl (C=O) groups excluding carboxylic acids is 2. The number of hydrogen-bond acceptors (Lipinski definition) is 11. The van der Waals surface area contributed by atoms with Gasteiger partial charge in [-0.05, 0) is 44.9 Å². The van der Waals surface area contributed by atoms with Crippen LogP contribution >= 0.6 is 0 Å². The molecule has 0 saturated carbocycles. The number of rotatable bonds is 47. The highest BCUT2D eigenvalue weighted by molar-refractivity contribution is 7.85. The summed E-state index contributed by atoms with van der Waals surface area (Å²) in [4.78, 5) is 25.6. The second kappa shape index (κ2) is 44.1. The summed E-state index contributed by atoms with van der Waals surface area (Å²) in [5.41, 5.74) is 0. The molecular weight excluding hydrogens is 873 g/mol. The van der Waals surface area contributed by atoms with E-state index in [4.69, 9.17) is 18.9 Å². The third kappa shape index (κ3) is 38.6. The van der Waals surface area contributed by atoms with Crippen LogP contribution in [-0.4, -0.2) is 96.0 Å². The molecule has 0 aromatic heterocycles. The number of carbonyl (C=O) groups is 2. The minimum atomic E-state index is -4.60. The van der Waals surface area contributed by atoms with Gasteiger partial charge in [-0.1, -0.05) is 218 Å². The van der Waals surface area contributed by atoms with E-state index in [9.17, 15) is 37.9 Å². The first-order valence-corrected chi connectivity index (χ1v) is 29.0. The van der Waals surface area contributed by atoms with Crippen molar-refractivity contribution in [1.82, 2.24) is 0 Å². The molecule has 1 aliphatic rings. The van der Waals surface area contributed by atoms with Crippen molar-refractivity contribution < 1.29 is 56.8 Å². The van der Waals surface area contributed by atoms with E-state index in [-0.39, 0.29) is 19.4 Å². The molecule has 0 bridgehead atoms. The van der Waals surface area contributed by atoms with E-state index < -0.39 is 71.2 Å². The van der Waals surface area contributed by atoms with Crippen molar-refractivity contribution in [3.05, 3.63) is 24.3 Å². The standard InChI is InChI=1S/C54H100O12S/c1-3-5-7-9-11-13-15-17-19-21-22-23-24-25-26-27-29-31-33-35-37-39-41-43-50(56)65-47(45-64-54-53(59)52(58)51(57)48(66-54)46-67(60,61)62)44-63-49(55)42-40-38-36-34-32-30-28-20-18-16-14-12-10-8-6-4-2/h15,17,21-22,47-48,51-54,57-59H,3-14,16,18-20,23-46H2,1-2H3,(H,60,61,62)/b17-15-,22-21-. The van der Waals surface area contributed by atoms with Gasteiger partial charge < -0.3 is 34.3 Å². The summed E-state index contributed by atoms with van der Waals surface area (Å²) >= 11 is 0. The van der Waals surface area contributed by atoms with Crippen LogP contribution in [-0.2, 0) is 38.7 Å². The molecule has 1 rings (SSSR count). The fourth-order valence-corrected chi connectivity index (χ4v) is 9.22. The van der Waals surface area contributed by atoms with Crippen LogP contribution in [0.2, 0.25) is 0 Å². The Labute approximate surface area is 408 Å². The predicted molar refractivity (Wildman–Crippen MR) is 270 cm³/mol. The summed E-state index contributed by atoms with van der Waals surface area (Å²) in [6.07, 6.45) is 42.1. The van der Waals surface area contributed by atoms with Crippen molar-refractivity contribution in [3.63, 3.8) is 0 Å². The van der Waals surface area contributed by atoms with Crippen LogP contribution in [0.15, 0.2) is 24.3 Å². The number of allylic oxidation sites excluding steroid dienone is 4. The summed E-state index contributed by atoms with van der Waals surface area (Å²) in [5, 5.41) is 31.0. The van der Waals surface area contributed by atoms with E-state index in [1.54, 1.807) is 0 Å². The fourth-order valence-electron chi connectivity index (χ4n) is 8.53. The second-order valence-electron chi connectivity index (χ2n) is 19.3. The molecule has 6 unspecified atom stereocenters. The van der Waals surface area contributed by atoms with Gasteiger partial charge in [-0.3, -0.25) is 14.1 Å². The minimum Gasteiger partial charge on any atom is -0.462 e. The quantitative estimate of drug-likeness (QED) is 0.0196. The first kappa shape index (κ1) is 63.1. The summed E-state index contributed by atoms with van der Waals surface area (Å²) in [7, 11) is -4.60. The van der Waals surface area contributed by atoms with Crippen LogP contribution in [0.4, 0.5) is 0 Å². The lowest BCUT2D eigenvalue weighted by Gasteiger charge is -2.40. The van der Waals surface area contributed by atoms with E-state index in [1.807, 2.05) is 0 Å². The molecule has 0 amide bonds. The molecule has 1 saturated heterocycles. The van der Waals surface area contributed by atoms with Crippen molar-refractivity contribution in [1.29, 1.82) is 0 Å². The lowest BCUT2D eigenvalue weighted by molar-refractivity contribution is -0.297. The first-order valence-electron chi connectivity index (χ1n) is 27.4. The van der Waals surface area contributed by atoms with Crippen molar-refractivity contribution in [2.24, 2.45) is 0 Å². The van der Waals surface area contributed by atoms with Crippen LogP contribution in [0, 0.1) is 0 Å². The second-order valence-corrected chi connectivity index (χ2v) is 20.8. The molecule has 1 aliphatic heterocycles. The number of unbranched alkanes of at least 4 members (excludes halogenated alkanes) is 31. The van der Waals surface area contributed by atoms with E-state index in [0.717, 1.165) is 44.9 Å². The van der Waals surface area contributed by atoms with Gasteiger partial charge in [-0.15, -0.1) is 0 Å². The highest BCUT2D eigenvalue weighted by atomic mass is 32.2. The van der Waals surface area contributed by atoms with Crippen molar-refractivity contribution in [2.45, 2.75) is 288 Å². The highest BCUT2D eigenvalue weighted by Crippen LogP contribution is 2.24. The van der Waals surface area contributed by atoms with Gasteiger partial charge in [0.15, 0.2) is 12.4 Å². The molecule has 1 fully saturated rings. The van der Waals surface area contributed by atoms with Gasteiger partial charge in [-0.25, -0.2) is 0 Å². The maximum absolute atomic E-state index is 12.9. The summed E-state index contributed by atoms with van der Waals surface area (Å²) in [6, 6.07) is 0. The van der Waals surface area contributed by atoms with Gasteiger partial charge >= 0.3 is 11.9 Å². The molecule has 0 radical (unpaired) electrons. The van der Waals surface area contributed by atoms with E-state index in [1.165, 1.54) is 167 Å². The Balaban J connectivity index is 2.33. The van der Waals surface area contributed by atoms with Gasteiger partial charge in [0.05, 0.1) is 6.61 Å². The molecule has 12 nitrogen and oxygen atoms in total. The van der Waals surface area contributed by atoms with Crippen LogP contribution in [0.25, 0.3) is 0 Å². The molecule has 0 spiro atoms.